The second-order valence-corrected chi connectivity index (χ2v) is 3.59. The Labute approximate surface area is 89.3 Å². The van der Waals surface area contributed by atoms with E-state index in [0.717, 1.165) is 17.0 Å². The Balaban J connectivity index is 2.65. The number of rotatable bonds is 4. The third-order valence-corrected chi connectivity index (χ3v) is 2.35. The first-order valence-corrected chi connectivity index (χ1v) is 4.89. The van der Waals surface area contributed by atoms with Crippen LogP contribution in [0.3, 0.4) is 0 Å². The molecule has 1 aromatic heterocycles. The molecule has 0 spiro atoms. The predicted molar refractivity (Wildman–Crippen MR) is 57.6 cm³/mol. The van der Waals surface area contributed by atoms with Crippen molar-refractivity contribution in [1.82, 2.24) is 10.5 Å². The summed E-state index contributed by atoms with van der Waals surface area (Å²) in [4.78, 5) is 11.0. The fraction of sp³-hybridized carbons (Fsp3) is 0.455. The Morgan fingerprint density at radius 2 is 2.33 bits per heavy atom. The van der Waals surface area contributed by atoms with E-state index in [2.05, 4.69) is 17.1 Å². The van der Waals surface area contributed by atoms with E-state index in [0.29, 0.717) is 6.54 Å². The van der Waals surface area contributed by atoms with Gasteiger partial charge in [0.2, 0.25) is 5.91 Å². The van der Waals surface area contributed by atoms with Crippen LogP contribution in [-0.2, 0) is 4.79 Å². The summed E-state index contributed by atoms with van der Waals surface area (Å²) >= 11 is 0. The van der Waals surface area contributed by atoms with Crippen LogP contribution in [0.25, 0.3) is 0 Å². The van der Waals surface area contributed by atoms with Crippen molar-refractivity contribution in [3.05, 3.63) is 29.7 Å². The molecule has 0 saturated heterocycles. The van der Waals surface area contributed by atoms with Crippen LogP contribution in [0.4, 0.5) is 0 Å². The molecule has 1 N–H and O–H groups in total. The molecule has 1 atom stereocenters. The Kier molecular flexibility index (Phi) is 3.66. The van der Waals surface area contributed by atoms with E-state index in [-0.39, 0.29) is 11.8 Å². The maximum absolute atomic E-state index is 11.0. The van der Waals surface area contributed by atoms with Crippen molar-refractivity contribution in [3.8, 4) is 0 Å². The first-order valence-electron chi connectivity index (χ1n) is 4.89. The van der Waals surface area contributed by atoms with Crippen LogP contribution in [0.2, 0.25) is 0 Å². The first kappa shape index (κ1) is 11.5. The first-order chi connectivity index (χ1) is 7.06. The van der Waals surface area contributed by atoms with Crippen LogP contribution in [0.1, 0.15) is 29.9 Å². The lowest BCUT2D eigenvalue weighted by Gasteiger charge is -2.11. The van der Waals surface area contributed by atoms with Crippen LogP contribution in [0.15, 0.2) is 17.2 Å². The molecule has 4 nitrogen and oxygen atoms in total. The highest BCUT2D eigenvalue weighted by Gasteiger charge is 2.16. The molecule has 4 heteroatoms. The predicted octanol–water partition coefficient (Wildman–Crippen LogP) is 1.70. The number of aromatic nitrogens is 1. The van der Waals surface area contributed by atoms with Crippen molar-refractivity contribution >= 4 is 5.91 Å². The summed E-state index contributed by atoms with van der Waals surface area (Å²) in [5.41, 5.74) is 1.95. The van der Waals surface area contributed by atoms with Crippen LogP contribution < -0.4 is 5.32 Å². The Morgan fingerprint density at radius 1 is 1.67 bits per heavy atom. The van der Waals surface area contributed by atoms with Crippen molar-refractivity contribution in [1.29, 1.82) is 0 Å². The number of nitrogens with one attached hydrogen (secondary N) is 1. The molecule has 1 amide bonds. The molecule has 0 saturated carbocycles. The number of aryl methyl sites for hydroxylation is 2. The average Bonchev–Trinajstić information content (AvgIpc) is 2.54. The molecule has 0 fully saturated rings. The van der Waals surface area contributed by atoms with Crippen molar-refractivity contribution < 1.29 is 9.32 Å². The Hall–Kier alpha value is -1.58. The minimum absolute atomic E-state index is 0.159. The maximum Gasteiger partial charge on any atom is 0.243 e. The maximum atomic E-state index is 11.0. The summed E-state index contributed by atoms with van der Waals surface area (Å²) in [6, 6.07) is 0. The molecule has 0 bridgehead atoms. The van der Waals surface area contributed by atoms with Crippen molar-refractivity contribution in [2.24, 2.45) is 0 Å². The fourth-order valence-electron chi connectivity index (χ4n) is 1.62. The molecule has 82 valence electrons. The van der Waals surface area contributed by atoms with Gasteiger partial charge in [-0.3, -0.25) is 4.79 Å². The van der Waals surface area contributed by atoms with E-state index in [1.807, 2.05) is 20.8 Å². The summed E-state index contributed by atoms with van der Waals surface area (Å²) < 4.78 is 5.07. The number of carbonyl (C=O) groups excluding carboxylic acids is 1. The zero-order valence-electron chi connectivity index (χ0n) is 9.33. The van der Waals surface area contributed by atoms with Gasteiger partial charge in [0, 0.05) is 18.0 Å². The van der Waals surface area contributed by atoms with Crippen LogP contribution in [-0.4, -0.2) is 17.6 Å². The lowest BCUT2D eigenvalue weighted by Crippen LogP contribution is -2.25. The molecule has 15 heavy (non-hydrogen) atoms. The van der Waals surface area contributed by atoms with E-state index < -0.39 is 0 Å². The number of nitrogens with zero attached hydrogens (tertiary/aromatic N) is 1. The van der Waals surface area contributed by atoms with Gasteiger partial charge in [-0.2, -0.15) is 0 Å². The molecule has 0 aliphatic carbocycles. The van der Waals surface area contributed by atoms with Gasteiger partial charge in [0.15, 0.2) is 0 Å². The number of hydrogen-bond donors (Lipinski definition) is 1. The van der Waals surface area contributed by atoms with Crippen molar-refractivity contribution in [2.45, 2.75) is 26.7 Å². The zero-order chi connectivity index (χ0) is 11.4. The van der Waals surface area contributed by atoms with Crippen LogP contribution in [0.5, 0.6) is 0 Å². The summed E-state index contributed by atoms with van der Waals surface area (Å²) in [6.07, 6.45) is 1.26. The molecule has 0 aliphatic heterocycles. The lowest BCUT2D eigenvalue weighted by atomic mass is 9.99. The smallest absolute Gasteiger partial charge is 0.243 e. The fourth-order valence-corrected chi connectivity index (χ4v) is 1.62. The second-order valence-electron chi connectivity index (χ2n) is 3.59. The van der Waals surface area contributed by atoms with Gasteiger partial charge in [-0.05, 0) is 19.9 Å². The van der Waals surface area contributed by atoms with Crippen molar-refractivity contribution in [3.63, 3.8) is 0 Å². The van der Waals surface area contributed by atoms with Crippen molar-refractivity contribution in [2.75, 3.05) is 6.54 Å². The zero-order valence-corrected chi connectivity index (χ0v) is 9.33. The number of hydrogen-bond acceptors (Lipinski definition) is 3. The van der Waals surface area contributed by atoms with E-state index in [1.54, 1.807) is 0 Å². The highest BCUT2D eigenvalue weighted by Crippen LogP contribution is 2.22. The molecule has 0 radical (unpaired) electrons. The van der Waals surface area contributed by atoms with Gasteiger partial charge in [0.25, 0.3) is 0 Å². The number of amides is 1. The minimum Gasteiger partial charge on any atom is -0.361 e. The summed E-state index contributed by atoms with van der Waals surface area (Å²) in [5, 5.41) is 6.63. The third kappa shape index (κ3) is 2.68. The number of carbonyl (C=O) groups is 1. The molecular formula is C11H16N2O2. The van der Waals surface area contributed by atoms with E-state index >= 15 is 0 Å². The SMILES string of the molecule is C=CC(=O)NC[C@H](C)c1c(C)noc1C. The van der Waals surface area contributed by atoms with Gasteiger partial charge in [-0.15, -0.1) is 0 Å². The Bertz CT molecular complexity index is 349. The van der Waals surface area contributed by atoms with Crippen LogP contribution in [0, 0.1) is 13.8 Å². The molecule has 1 aromatic rings. The van der Waals surface area contributed by atoms with E-state index in [4.69, 9.17) is 4.52 Å². The summed E-state index contributed by atoms with van der Waals surface area (Å²) in [5.74, 6) is 0.849. The molecule has 0 aromatic carbocycles. The van der Waals surface area contributed by atoms with E-state index in [1.165, 1.54) is 6.08 Å². The molecule has 1 heterocycles. The highest BCUT2D eigenvalue weighted by molar-refractivity contribution is 5.86. The van der Waals surface area contributed by atoms with E-state index in [9.17, 15) is 4.79 Å². The molecular weight excluding hydrogens is 192 g/mol. The van der Waals surface area contributed by atoms with Gasteiger partial charge < -0.3 is 9.84 Å². The van der Waals surface area contributed by atoms with Gasteiger partial charge >= 0.3 is 0 Å². The van der Waals surface area contributed by atoms with Gasteiger partial charge in [-0.25, -0.2) is 0 Å². The Morgan fingerprint density at radius 3 is 2.80 bits per heavy atom. The standard InChI is InChI=1S/C11H16N2O2/c1-5-10(14)12-6-7(2)11-8(3)13-15-9(11)4/h5,7H,1,6H2,2-4H3,(H,12,14)/t7-/m0/s1. The quantitative estimate of drug-likeness (QED) is 0.766. The largest absolute Gasteiger partial charge is 0.361 e. The summed E-state index contributed by atoms with van der Waals surface area (Å²) in [7, 11) is 0. The molecule has 1 rings (SSSR count). The lowest BCUT2D eigenvalue weighted by molar-refractivity contribution is -0.116. The minimum atomic E-state index is -0.159. The third-order valence-electron chi connectivity index (χ3n) is 2.35. The molecule has 0 aliphatic rings. The summed E-state index contributed by atoms with van der Waals surface area (Å²) in [6.45, 7) is 9.76. The van der Waals surface area contributed by atoms with Gasteiger partial charge in [-0.1, -0.05) is 18.7 Å². The monoisotopic (exact) mass is 208 g/mol. The van der Waals surface area contributed by atoms with Crippen LogP contribution >= 0.6 is 0 Å². The van der Waals surface area contributed by atoms with Gasteiger partial charge in [0.1, 0.15) is 5.76 Å². The molecule has 0 unspecified atom stereocenters. The average molecular weight is 208 g/mol. The second kappa shape index (κ2) is 4.77. The topological polar surface area (TPSA) is 55.1 Å². The normalized spacial score (nSPS) is 12.2. The van der Waals surface area contributed by atoms with Gasteiger partial charge in [0.05, 0.1) is 5.69 Å². The highest BCUT2D eigenvalue weighted by atomic mass is 16.5.